The van der Waals surface area contributed by atoms with Gasteiger partial charge in [0.2, 0.25) is 17.7 Å². The minimum atomic E-state index is -0.890. The molecule has 0 aliphatic heterocycles. The normalized spacial score (nSPS) is 14.6. The highest BCUT2D eigenvalue weighted by Gasteiger charge is 2.18. The van der Waals surface area contributed by atoms with E-state index in [1.165, 1.54) is 0 Å². The van der Waals surface area contributed by atoms with Crippen LogP contribution in [-0.2, 0) is 33.6 Å². The van der Waals surface area contributed by atoms with Gasteiger partial charge >= 0.3 is 0 Å². The standard InChI is InChI=1S/C15H18Cl3N3O3/c16-10(13(19)22)4-7-1-8(5-11(17)14(20)23)3-9(2-7)6-12(18)15(21)24/h1-3,10-12H,4-6H2,(H2,19,22)(H2,20,23)(H2,21,24). The summed E-state index contributed by atoms with van der Waals surface area (Å²) in [4.78, 5) is 33.4. The summed E-state index contributed by atoms with van der Waals surface area (Å²) in [6, 6.07) is 5.23. The van der Waals surface area contributed by atoms with Crippen LogP contribution >= 0.6 is 34.8 Å². The highest BCUT2D eigenvalue weighted by Crippen LogP contribution is 2.19. The fourth-order valence-corrected chi connectivity index (χ4v) is 2.65. The third-order valence-corrected chi connectivity index (χ3v) is 4.39. The van der Waals surface area contributed by atoms with Crippen molar-refractivity contribution >= 4 is 52.5 Å². The van der Waals surface area contributed by atoms with E-state index in [0.717, 1.165) is 0 Å². The third kappa shape index (κ3) is 6.55. The van der Waals surface area contributed by atoms with Crippen LogP contribution in [0.2, 0.25) is 0 Å². The molecule has 0 fully saturated rings. The molecule has 0 heterocycles. The molecule has 3 atom stereocenters. The number of carbonyl (C=O) groups excluding carboxylic acids is 3. The maximum Gasteiger partial charge on any atom is 0.235 e. The van der Waals surface area contributed by atoms with E-state index in [1.807, 2.05) is 0 Å². The van der Waals surface area contributed by atoms with Gasteiger partial charge in [0.1, 0.15) is 16.1 Å². The zero-order valence-corrected chi connectivity index (χ0v) is 14.9. The molecule has 6 N–H and O–H groups in total. The maximum absolute atomic E-state index is 11.1. The van der Waals surface area contributed by atoms with Crippen molar-refractivity contribution < 1.29 is 14.4 Å². The van der Waals surface area contributed by atoms with Crippen LogP contribution in [0.3, 0.4) is 0 Å². The molecule has 1 aromatic rings. The predicted octanol–water partition coefficient (Wildman–Crippen LogP) is 0.592. The van der Waals surface area contributed by atoms with E-state index >= 15 is 0 Å². The second kappa shape index (κ2) is 9.11. The largest absolute Gasteiger partial charge is 0.368 e. The first-order valence-electron chi connectivity index (χ1n) is 7.02. The number of hydrogen-bond donors (Lipinski definition) is 3. The monoisotopic (exact) mass is 393 g/mol. The fourth-order valence-electron chi connectivity index (χ4n) is 2.12. The Hall–Kier alpha value is -1.50. The molecule has 0 aliphatic carbocycles. The van der Waals surface area contributed by atoms with Crippen LogP contribution in [0.5, 0.6) is 0 Å². The van der Waals surface area contributed by atoms with Crippen LogP contribution in [0, 0.1) is 0 Å². The van der Waals surface area contributed by atoms with Gasteiger partial charge in [0.15, 0.2) is 0 Å². The van der Waals surface area contributed by atoms with Crippen LogP contribution < -0.4 is 17.2 Å². The van der Waals surface area contributed by atoms with Crippen molar-refractivity contribution in [1.82, 2.24) is 0 Å². The predicted molar refractivity (Wildman–Crippen MR) is 94.1 cm³/mol. The average Bonchev–Trinajstić information content (AvgIpc) is 2.46. The lowest BCUT2D eigenvalue weighted by Gasteiger charge is -2.14. The van der Waals surface area contributed by atoms with Crippen LogP contribution in [0.25, 0.3) is 0 Å². The first-order valence-corrected chi connectivity index (χ1v) is 8.33. The number of carbonyl (C=O) groups is 3. The Kier molecular flexibility index (Phi) is 7.79. The van der Waals surface area contributed by atoms with Crippen LogP contribution in [0.15, 0.2) is 18.2 Å². The van der Waals surface area contributed by atoms with Crippen molar-refractivity contribution in [2.45, 2.75) is 35.4 Å². The van der Waals surface area contributed by atoms with Gasteiger partial charge in [-0.2, -0.15) is 0 Å². The minimum absolute atomic E-state index is 0.185. The summed E-state index contributed by atoms with van der Waals surface area (Å²) < 4.78 is 0. The molecule has 132 valence electrons. The van der Waals surface area contributed by atoms with E-state index in [-0.39, 0.29) is 19.3 Å². The van der Waals surface area contributed by atoms with Gasteiger partial charge in [-0.15, -0.1) is 34.8 Å². The third-order valence-electron chi connectivity index (χ3n) is 3.28. The Morgan fingerprint density at radius 1 is 0.667 bits per heavy atom. The Labute approximate surface area is 154 Å². The number of benzene rings is 1. The SMILES string of the molecule is NC(=O)C(Cl)Cc1cc(CC(Cl)C(N)=O)cc(CC(Cl)C(N)=O)c1. The van der Waals surface area contributed by atoms with Gasteiger partial charge in [0.05, 0.1) is 0 Å². The second-order valence-electron chi connectivity index (χ2n) is 5.38. The molecule has 0 aromatic heterocycles. The fraction of sp³-hybridized carbons (Fsp3) is 0.400. The molecule has 1 aromatic carbocycles. The second-order valence-corrected chi connectivity index (χ2v) is 6.96. The number of nitrogens with two attached hydrogens (primary N) is 3. The summed E-state index contributed by atoms with van der Waals surface area (Å²) >= 11 is 17.7. The van der Waals surface area contributed by atoms with Gasteiger partial charge in [0, 0.05) is 0 Å². The molecule has 0 aliphatic rings. The van der Waals surface area contributed by atoms with E-state index in [2.05, 4.69) is 0 Å². The highest BCUT2D eigenvalue weighted by molar-refractivity contribution is 6.31. The van der Waals surface area contributed by atoms with Crippen LogP contribution in [-0.4, -0.2) is 33.9 Å². The molecule has 6 nitrogen and oxygen atoms in total. The summed E-state index contributed by atoms with van der Waals surface area (Å²) in [6.07, 6.45) is 0.556. The van der Waals surface area contributed by atoms with Gasteiger partial charge < -0.3 is 17.2 Å². The number of rotatable bonds is 9. The molecular formula is C15H18Cl3N3O3. The number of halogens is 3. The van der Waals surface area contributed by atoms with E-state index < -0.39 is 33.9 Å². The summed E-state index contributed by atoms with van der Waals surface area (Å²) in [7, 11) is 0. The highest BCUT2D eigenvalue weighted by atomic mass is 35.5. The summed E-state index contributed by atoms with van der Waals surface area (Å²) in [6.45, 7) is 0. The van der Waals surface area contributed by atoms with Gasteiger partial charge in [0.25, 0.3) is 0 Å². The van der Waals surface area contributed by atoms with Crippen molar-refractivity contribution in [1.29, 1.82) is 0 Å². The Morgan fingerprint density at radius 3 is 1.04 bits per heavy atom. The van der Waals surface area contributed by atoms with Crippen LogP contribution in [0.4, 0.5) is 0 Å². The molecule has 9 heteroatoms. The van der Waals surface area contributed by atoms with Crippen molar-refractivity contribution in [3.8, 4) is 0 Å². The lowest BCUT2D eigenvalue weighted by atomic mass is 9.97. The molecular weight excluding hydrogens is 377 g/mol. The Bertz CT molecular complexity index is 542. The molecule has 0 bridgehead atoms. The number of hydrogen-bond acceptors (Lipinski definition) is 3. The van der Waals surface area contributed by atoms with E-state index in [9.17, 15) is 14.4 Å². The number of alkyl halides is 3. The lowest BCUT2D eigenvalue weighted by Crippen LogP contribution is -2.27. The molecule has 1 rings (SSSR count). The maximum atomic E-state index is 11.1. The topological polar surface area (TPSA) is 129 Å². The van der Waals surface area contributed by atoms with Gasteiger partial charge in [-0.3, -0.25) is 14.4 Å². The van der Waals surface area contributed by atoms with Crippen molar-refractivity contribution in [2.24, 2.45) is 17.2 Å². The first-order chi connectivity index (χ1) is 11.1. The van der Waals surface area contributed by atoms with E-state index in [0.29, 0.717) is 16.7 Å². The van der Waals surface area contributed by atoms with Gasteiger partial charge in [-0.25, -0.2) is 0 Å². The zero-order valence-electron chi connectivity index (χ0n) is 12.7. The smallest absolute Gasteiger partial charge is 0.235 e. The summed E-state index contributed by atoms with van der Waals surface area (Å²) in [5, 5.41) is -2.67. The summed E-state index contributed by atoms with van der Waals surface area (Å²) in [5.74, 6) is -1.95. The Morgan fingerprint density at radius 2 is 0.875 bits per heavy atom. The van der Waals surface area contributed by atoms with Crippen molar-refractivity contribution in [3.63, 3.8) is 0 Å². The van der Waals surface area contributed by atoms with Crippen LogP contribution in [0.1, 0.15) is 16.7 Å². The van der Waals surface area contributed by atoms with E-state index in [1.54, 1.807) is 18.2 Å². The van der Waals surface area contributed by atoms with E-state index in [4.69, 9.17) is 52.0 Å². The molecule has 3 unspecified atom stereocenters. The molecule has 0 saturated carbocycles. The number of primary amides is 3. The zero-order chi connectivity index (χ0) is 18.4. The molecule has 0 radical (unpaired) electrons. The quantitative estimate of drug-likeness (QED) is 0.530. The van der Waals surface area contributed by atoms with Gasteiger partial charge in [-0.05, 0) is 36.0 Å². The number of amides is 3. The van der Waals surface area contributed by atoms with Crippen molar-refractivity contribution in [2.75, 3.05) is 0 Å². The first kappa shape index (κ1) is 20.5. The Balaban J connectivity index is 3.10. The average molecular weight is 395 g/mol. The molecule has 3 amide bonds. The minimum Gasteiger partial charge on any atom is -0.368 e. The molecule has 24 heavy (non-hydrogen) atoms. The van der Waals surface area contributed by atoms with Gasteiger partial charge in [-0.1, -0.05) is 18.2 Å². The molecule has 0 saturated heterocycles. The van der Waals surface area contributed by atoms with Crippen molar-refractivity contribution in [3.05, 3.63) is 34.9 Å². The summed E-state index contributed by atoms with van der Waals surface area (Å²) in [5.41, 5.74) is 17.6. The lowest BCUT2D eigenvalue weighted by molar-refractivity contribution is -0.118. The molecule has 0 spiro atoms.